The Morgan fingerprint density at radius 3 is 1.87 bits per heavy atom. The Labute approximate surface area is 175 Å². The Kier molecular flexibility index (Phi) is 6.60. The van der Waals surface area contributed by atoms with Gasteiger partial charge in [0.1, 0.15) is 30.2 Å². The van der Waals surface area contributed by atoms with E-state index in [-0.39, 0.29) is 15.5 Å². The number of hydrogen-bond acceptors (Lipinski definition) is 8. The number of halogens is 3. The maximum absolute atomic E-state index is 12.7. The van der Waals surface area contributed by atoms with E-state index in [1.807, 2.05) is 0 Å². The maximum atomic E-state index is 12.7. The van der Waals surface area contributed by atoms with Crippen molar-refractivity contribution >= 4 is 9.84 Å². The van der Waals surface area contributed by atoms with Gasteiger partial charge in [-0.05, 0) is 48.5 Å². The van der Waals surface area contributed by atoms with Crippen molar-refractivity contribution in [1.82, 2.24) is 0 Å². The van der Waals surface area contributed by atoms with Crippen molar-refractivity contribution < 1.29 is 51.5 Å². The molecule has 0 aromatic heterocycles. The van der Waals surface area contributed by atoms with Crippen LogP contribution in [0.15, 0.2) is 58.3 Å². The van der Waals surface area contributed by atoms with Gasteiger partial charge >= 0.3 is 6.18 Å². The van der Waals surface area contributed by atoms with Crippen LogP contribution < -0.4 is 4.74 Å². The molecule has 2 aromatic carbocycles. The largest absolute Gasteiger partial charge is 0.462 e. The summed E-state index contributed by atoms with van der Waals surface area (Å²) < 4.78 is 73.8. The lowest BCUT2D eigenvalue weighted by Gasteiger charge is -2.39. The van der Waals surface area contributed by atoms with Gasteiger partial charge in [0.05, 0.1) is 22.0 Å². The maximum Gasteiger partial charge on any atom is 0.416 e. The van der Waals surface area contributed by atoms with Crippen molar-refractivity contribution in [3.8, 4) is 5.75 Å². The quantitative estimate of drug-likeness (QED) is 0.509. The molecule has 5 atom stereocenters. The normalized spacial score (nSPS) is 27.1. The average Bonchev–Trinajstić information content (AvgIpc) is 2.74. The summed E-state index contributed by atoms with van der Waals surface area (Å²) in [6.45, 7) is -0.644. The lowest BCUT2D eigenvalue weighted by molar-refractivity contribution is -0.277. The Morgan fingerprint density at radius 1 is 0.871 bits per heavy atom. The van der Waals surface area contributed by atoms with Gasteiger partial charge in [0, 0.05) is 0 Å². The molecular formula is C19H19F3O8S. The molecule has 170 valence electrons. The summed E-state index contributed by atoms with van der Waals surface area (Å²) in [5.41, 5.74) is -0.977. The van der Waals surface area contributed by atoms with E-state index in [0.29, 0.717) is 12.1 Å². The minimum absolute atomic E-state index is 0.0377. The van der Waals surface area contributed by atoms with Crippen molar-refractivity contribution in [2.24, 2.45) is 0 Å². The second kappa shape index (κ2) is 8.73. The van der Waals surface area contributed by atoms with Crippen LogP contribution in [0.2, 0.25) is 0 Å². The molecule has 1 aliphatic rings. The fourth-order valence-corrected chi connectivity index (χ4v) is 4.22. The minimum Gasteiger partial charge on any atom is -0.462 e. The Morgan fingerprint density at radius 2 is 1.39 bits per heavy atom. The van der Waals surface area contributed by atoms with E-state index in [0.717, 1.165) is 24.3 Å². The van der Waals surface area contributed by atoms with Gasteiger partial charge in [0.15, 0.2) is 0 Å². The van der Waals surface area contributed by atoms with Gasteiger partial charge in [-0.15, -0.1) is 0 Å². The van der Waals surface area contributed by atoms with E-state index in [2.05, 4.69) is 0 Å². The van der Waals surface area contributed by atoms with E-state index in [1.165, 1.54) is 12.1 Å². The summed E-state index contributed by atoms with van der Waals surface area (Å²) in [6.07, 6.45) is -12.1. The zero-order chi connectivity index (χ0) is 23.0. The molecule has 8 nitrogen and oxygen atoms in total. The van der Waals surface area contributed by atoms with Gasteiger partial charge in [0.25, 0.3) is 0 Å². The second-order valence-electron chi connectivity index (χ2n) is 6.81. The summed E-state index contributed by atoms with van der Waals surface area (Å²) in [6, 6.07) is 7.79. The monoisotopic (exact) mass is 464 g/mol. The lowest BCUT2D eigenvalue weighted by Crippen LogP contribution is -2.60. The molecule has 3 rings (SSSR count). The highest BCUT2D eigenvalue weighted by molar-refractivity contribution is 7.91. The van der Waals surface area contributed by atoms with Crippen LogP contribution in [0, 0.1) is 0 Å². The topological polar surface area (TPSA) is 134 Å². The van der Waals surface area contributed by atoms with E-state index in [4.69, 9.17) is 9.47 Å². The molecule has 1 saturated heterocycles. The van der Waals surface area contributed by atoms with Crippen LogP contribution in [-0.2, 0) is 20.8 Å². The summed E-state index contributed by atoms with van der Waals surface area (Å²) in [7, 11) is -4.10. The third kappa shape index (κ3) is 4.84. The van der Waals surface area contributed by atoms with E-state index in [9.17, 15) is 42.0 Å². The fourth-order valence-electron chi connectivity index (χ4n) is 2.96. The fraction of sp³-hybridized carbons (Fsp3) is 0.368. The third-order valence-corrected chi connectivity index (χ3v) is 6.51. The number of alkyl halides is 3. The first-order valence-electron chi connectivity index (χ1n) is 8.94. The minimum atomic E-state index is -4.59. The van der Waals surface area contributed by atoms with E-state index in [1.54, 1.807) is 0 Å². The second-order valence-corrected chi connectivity index (χ2v) is 8.76. The van der Waals surface area contributed by atoms with Crippen molar-refractivity contribution in [2.75, 3.05) is 6.61 Å². The number of rotatable bonds is 5. The lowest BCUT2D eigenvalue weighted by atomic mass is 9.99. The number of ether oxygens (including phenoxy) is 2. The van der Waals surface area contributed by atoms with Gasteiger partial charge in [-0.1, -0.05) is 0 Å². The standard InChI is InChI=1S/C19H19F3O8S/c20-19(21,22)10-1-5-12(6-2-10)31(27,28)13-7-3-11(4-8-13)29-18-17(26)16(25)15(24)14(9-23)30-18/h1-8,14-18,23-26H,9H2/t14-,15-,16+,17-,18+/m1/s1. The molecule has 0 bridgehead atoms. The number of hydrogen-bond donors (Lipinski definition) is 4. The highest BCUT2D eigenvalue weighted by Gasteiger charge is 2.44. The molecule has 0 spiro atoms. The molecule has 0 unspecified atom stereocenters. The molecule has 31 heavy (non-hydrogen) atoms. The molecule has 12 heteroatoms. The molecule has 0 amide bonds. The van der Waals surface area contributed by atoms with Crippen molar-refractivity contribution in [2.45, 2.75) is 46.7 Å². The SMILES string of the molecule is O=S(=O)(c1ccc(O[C@H]2O[C@H](CO)[C@@H](O)[C@H](O)[C@H]2O)cc1)c1ccc(C(F)(F)F)cc1. The van der Waals surface area contributed by atoms with Crippen molar-refractivity contribution in [3.63, 3.8) is 0 Å². The summed E-state index contributed by atoms with van der Waals surface area (Å²) in [5.74, 6) is 0.0377. The summed E-state index contributed by atoms with van der Waals surface area (Å²) in [4.78, 5) is -0.545. The Bertz CT molecular complexity index is 990. The van der Waals surface area contributed by atoms with Gasteiger partial charge in [-0.3, -0.25) is 0 Å². The molecule has 0 radical (unpaired) electrons. The average molecular weight is 464 g/mol. The van der Waals surface area contributed by atoms with Crippen LogP contribution in [-0.4, -0.2) is 66.2 Å². The highest BCUT2D eigenvalue weighted by Crippen LogP contribution is 2.31. The smallest absolute Gasteiger partial charge is 0.416 e. The van der Waals surface area contributed by atoms with Crippen LogP contribution >= 0.6 is 0 Å². The predicted octanol–water partition coefficient (Wildman–Crippen LogP) is 0.717. The number of aliphatic hydroxyl groups excluding tert-OH is 4. The van der Waals surface area contributed by atoms with Gasteiger partial charge in [0.2, 0.25) is 16.1 Å². The number of sulfone groups is 1. The number of benzene rings is 2. The summed E-state index contributed by atoms with van der Waals surface area (Å²) >= 11 is 0. The van der Waals surface area contributed by atoms with Crippen LogP contribution in [0.4, 0.5) is 13.2 Å². The zero-order valence-electron chi connectivity index (χ0n) is 15.7. The molecule has 0 aliphatic carbocycles. The van der Waals surface area contributed by atoms with Crippen LogP contribution in [0.1, 0.15) is 5.56 Å². The Hall–Kier alpha value is -2.22. The number of aliphatic hydroxyl groups is 4. The molecule has 0 saturated carbocycles. The molecule has 2 aromatic rings. The van der Waals surface area contributed by atoms with Crippen molar-refractivity contribution in [1.29, 1.82) is 0 Å². The molecule has 4 N–H and O–H groups in total. The van der Waals surface area contributed by atoms with Crippen LogP contribution in [0.25, 0.3) is 0 Å². The molecule has 1 fully saturated rings. The highest BCUT2D eigenvalue weighted by atomic mass is 32.2. The zero-order valence-corrected chi connectivity index (χ0v) is 16.5. The van der Waals surface area contributed by atoms with Gasteiger partial charge in [-0.25, -0.2) is 8.42 Å². The molecular weight excluding hydrogens is 445 g/mol. The van der Waals surface area contributed by atoms with Crippen LogP contribution in [0.3, 0.4) is 0 Å². The first-order chi connectivity index (χ1) is 14.4. The first-order valence-corrected chi connectivity index (χ1v) is 10.4. The van der Waals surface area contributed by atoms with Gasteiger partial charge in [-0.2, -0.15) is 13.2 Å². The summed E-state index contributed by atoms with van der Waals surface area (Å²) in [5, 5.41) is 38.7. The van der Waals surface area contributed by atoms with E-state index < -0.39 is 58.9 Å². The predicted molar refractivity (Wildman–Crippen MR) is 97.7 cm³/mol. The third-order valence-electron chi connectivity index (χ3n) is 4.73. The van der Waals surface area contributed by atoms with Gasteiger partial charge < -0.3 is 29.9 Å². The molecule has 1 heterocycles. The Balaban J connectivity index is 1.76. The van der Waals surface area contributed by atoms with Crippen molar-refractivity contribution in [3.05, 3.63) is 54.1 Å². The van der Waals surface area contributed by atoms with Crippen LogP contribution in [0.5, 0.6) is 5.75 Å². The van der Waals surface area contributed by atoms with E-state index >= 15 is 0 Å². The molecule has 1 aliphatic heterocycles. The first kappa shape index (κ1) is 23.4.